The molecule has 0 nitrogen and oxygen atoms in total. The maximum atomic E-state index is 5.88. The van der Waals surface area contributed by atoms with Gasteiger partial charge in [-0.25, -0.2) is 0 Å². The predicted molar refractivity (Wildman–Crippen MR) is 64.0 cm³/mol. The van der Waals surface area contributed by atoms with Gasteiger partial charge >= 0.3 is 0 Å². The lowest BCUT2D eigenvalue weighted by Gasteiger charge is -2.08. The fraction of sp³-hybridized carbons (Fsp3) is 0.364. The average Bonchev–Trinajstić information content (AvgIpc) is 2.19. The molecule has 3 heteroatoms. The molecule has 0 fully saturated rings. The van der Waals surface area contributed by atoms with E-state index in [0.29, 0.717) is 0 Å². The van der Waals surface area contributed by atoms with E-state index in [-0.39, 0.29) is 10.2 Å². The van der Waals surface area contributed by atoms with Gasteiger partial charge in [0, 0.05) is 0 Å². The first-order valence-electron chi connectivity index (χ1n) is 4.56. The SMILES string of the molecule is Cl[C](Cl)C(Cl)CCCc1ccccc1. The second kappa shape index (κ2) is 6.55. The van der Waals surface area contributed by atoms with Crippen molar-refractivity contribution in [3.05, 3.63) is 40.7 Å². The van der Waals surface area contributed by atoms with Gasteiger partial charge in [-0.3, -0.25) is 0 Å². The molecule has 0 aliphatic carbocycles. The van der Waals surface area contributed by atoms with Gasteiger partial charge in [0.05, 0.1) is 5.38 Å². The summed E-state index contributed by atoms with van der Waals surface area (Å²) in [5.41, 5.74) is 1.32. The van der Waals surface area contributed by atoms with Crippen LogP contribution in [0.2, 0.25) is 0 Å². The van der Waals surface area contributed by atoms with Crippen LogP contribution in [0.5, 0.6) is 0 Å². The zero-order chi connectivity index (χ0) is 10.4. The highest BCUT2D eigenvalue weighted by Crippen LogP contribution is 2.26. The van der Waals surface area contributed by atoms with Crippen LogP contribution in [-0.2, 0) is 6.42 Å². The number of hydrogen-bond donors (Lipinski definition) is 0. The smallest absolute Gasteiger partial charge is 0.120 e. The fourth-order valence-electron chi connectivity index (χ4n) is 1.24. The Balaban J connectivity index is 2.22. The molecule has 1 aromatic carbocycles. The molecule has 77 valence electrons. The number of alkyl halides is 1. The van der Waals surface area contributed by atoms with Crippen molar-refractivity contribution in [1.29, 1.82) is 0 Å². The van der Waals surface area contributed by atoms with Crippen LogP contribution in [0.3, 0.4) is 0 Å². The third-order valence-corrected chi connectivity index (χ3v) is 3.19. The standard InChI is InChI=1S/C11H12Cl3/c12-10(11(13)14)8-4-7-9-5-2-1-3-6-9/h1-3,5-6,10H,4,7-8H2. The molecule has 1 unspecified atom stereocenters. The maximum absolute atomic E-state index is 5.88. The lowest BCUT2D eigenvalue weighted by atomic mass is 10.1. The monoisotopic (exact) mass is 249 g/mol. The van der Waals surface area contributed by atoms with Crippen LogP contribution in [0.1, 0.15) is 18.4 Å². The van der Waals surface area contributed by atoms with Crippen LogP contribution in [0, 0.1) is 4.84 Å². The minimum absolute atomic E-state index is 0.220. The fourth-order valence-corrected chi connectivity index (χ4v) is 1.61. The molecule has 0 N–H and O–H groups in total. The molecule has 0 amide bonds. The van der Waals surface area contributed by atoms with Crippen molar-refractivity contribution < 1.29 is 0 Å². The highest BCUT2D eigenvalue weighted by Gasteiger charge is 2.13. The van der Waals surface area contributed by atoms with Crippen LogP contribution in [0.25, 0.3) is 0 Å². The number of aryl methyl sites for hydroxylation is 1. The molecule has 0 aromatic heterocycles. The van der Waals surface area contributed by atoms with Crippen molar-refractivity contribution in [2.45, 2.75) is 24.6 Å². The van der Waals surface area contributed by atoms with E-state index in [9.17, 15) is 0 Å². The zero-order valence-electron chi connectivity index (χ0n) is 7.72. The molecular weight excluding hydrogens is 238 g/mol. The Morgan fingerprint density at radius 3 is 2.36 bits per heavy atom. The molecule has 1 radical (unpaired) electrons. The zero-order valence-corrected chi connectivity index (χ0v) is 9.99. The Morgan fingerprint density at radius 1 is 1.14 bits per heavy atom. The van der Waals surface area contributed by atoms with Gasteiger partial charge in [-0.05, 0) is 24.8 Å². The van der Waals surface area contributed by atoms with Crippen molar-refractivity contribution in [2.75, 3.05) is 0 Å². The summed E-state index contributed by atoms with van der Waals surface area (Å²) >= 11 is 17.0. The molecule has 0 heterocycles. The number of benzene rings is 1. The number of rotatable bonds is 5. The van der Waals surface area contributed by atoms with E-state index in [2.05, 4.69) is 12.1 Å². The molecule has 1 atom stereocenters. The third kappa shape index (κ3) is 4.54. The average molecular weight is 251 g/mol. The van der Waals surface area contributed by atoms with E-state index in [4.69, 9.17) is 34.8 Å². The molecule has 0 aliphatic rings. The van der Waals surface area contributed by atoms with Gasteiger partial charge in [0.15, 0.2) is 4.84 Å². The Bertz CT molecular complexity index is 246. The number of halogens is 3. The van der Waals surface area contributed by atoms with Crippen molar-refractivity contribution in [2.24, 2.45) is 0 Å². The second-order valence-electron chi connectivity index (χ2n) is 3.14. The summed E-state index contributed by atoms with van der Waals surface area (Å²) in [6.07, 6.45) is 2.84. The Kier molecular flexibility index (Phi) is 5.69. The van der Waals surface area contributed by atoms with Crippen molar-refractivity contribution in [3.63, 3.8) is 0 Å². The molecular formula is C11H12Cl3. The molecule has 1 rings (SSSR count). The third-order valence-electron chi connectivity index (χ3n) is 2.00. The van der Waals surface area contributed by atoms with Crippen LogP contribution in [0.4, 0.5) is 0 Å². The molecule has 0 aliphatic heterocycles. The van der Waals surface area contributed by atoms with E-state index in [1.165, 1.54) is 5.56 Å². The van der Waals surface area contributed by atoms with Crippen LogP contribution >= 0.6 is 34.8 Å². The quantitative estimate of drug-likeness (QED) is 0.671. The molecule has 0 saturated heterocycles. The topological polar surface area (TPSA) is 0 Å². The molecule has 14 heavy (non-hydrogen) atoms. The van der Waals surface area contributed by atoms with E-state index < -0.39 is 0 Å². The van der Waals surface area contributed by atoms with Crippen molar-refractivity contribution in [1.82, 2.24) is 0 Å². The largest absolute Gasteiger partial charge is 0.168 e. The summed E-state index contributed by atoms with van der Waals surface area (Å²) < 4.78 is 0. The molecule has 0 bridgehead atoms. The maximum Gasteiger partial charge on any atom is 0.168 e. The minimum Gasteiger partial charge on any atom is -0.120 e. The van der Waals surface area contributed by atoms with E-state index in [0.717, 1.165) is 19.3 Å². The lowest BCUT2D eigenvalue weighted by molar-refractivity contribution is 0.739. The van der Waals surface area contributed by atoms with E-state index in [1.807, 2.05) is 18.2 Å². The summed E-state index contributed by atoms with van der Waals surface area (Å²) in [5, 5.41) is -0.220. The Hall–Kier alpha value is 0.0900. The van der Waals surface area contributed by atoms with Gasteiger partial charge in [0.25, 0.3) is 0 Å². The second-order valence-corrected chi connectivity index (χ2v) is 4.67. The summed E-state index contributed by atoms with van der Waals surface area (Å²) in [7, 11) is 0. The lowest BCUT2D eigenvalue weighted by Crippen LogP contribution is -2.01. The van der Waals surface area contributed by atoms with Gasteiger partial charge < -0.3 is 0 Å². The Labute approximate surface area is 100 Å². The molecule has 1 aromatic rings. The van der Waals surface area contributed by atoms with Gasteiger partial charge in [0.1, 0.15) is 0 Å². The summed E-state index contributed by atoms with van der Waals surface area (Å²) in [6.45, 7) is 0. The van der Waals surface area contributed by atoms with E-state index in [1.54, 1.807) is 0 Å². The summed E-state index contributed by atoms with van der Waals surface area (Å²) in [6, 6.07) is 10.3. The molecule has 0 saturated carbocycles. The van der Waals surface area contributed by atoms with Gasteiger partial charge in [0.2, 0.25) is 0 Å². The minimum atomic E-state index is -0.220. The van der Waals surface area contributed by atoms with Crippen LogP contribution < -0.4 is 0 Å². The first-order valence-corrected chi connectivity index (χ1v) is 5.75. The summed E-state index contributed by atoms with van der Waals surface area (Å²) in [4.78, 5) is 0.264. The van der Waals surface area contributed by atoms with Gasteiger partial charge in [-0.15, -0.1) is 11.6 Å². The van der Waals surface area contributed by atoms with Gasteiger partial charge in [-0.1, -0.05) is 53.5 Å². The summed E-state index contributed by atoms with van der Waals surface area (Å²) in [5.74, 6) is 0. The van der Waals surface area contributed by atoms with Crippen LogP contribution in [-0.4, -0.2) is 5.38 Å². The first-order chi connectivity index (χ1) is 6.70. The first kappa shape index (κ1) is 12.2. The predicted octanol–water partition coefficient (Wildman–Crippen LogP) is 4.58. The van der Waals surface area contributed by atoms with Gasteiger partial charge in [-0.2, -0.15) is 0 Å². The van der Waals surface area contributed by atoms with Crippen molar-refractivity contribution >= 4 is 34.8 Å². The molecule has 0 spiro atoms. The highest BCUT2D eigenvalue weighted by molar-refractivity contribution is 6.56. The highest BCUT2D eigenvalue weighted by atomic mass is 35.5. The van der Waals surface area contributed by atoms with Crippen LogP contribution in [0.15, 0.2) is 30.3 Å². The van der Waals surface area contributed by atoms with Crippen molar-refractivity contribution in [3.8, 4) is 0 Å². The number of hydrogen-bond acceptors (Lipinski definition) is 0. The normalized spacial score (nSPS) is 13.1. The Morgan fingerprint density at radius 2 is 1.79 bits per heavy atom. The van der Waals surface area contributed by atoms with E-state index >= 15 is 0 Å².